The molecule has 4 nitrogen and oxygen atoms in total. The lowest BCUT2D eigenvalue weighted by Crippen LogP contribution is -2.35. The van der Waals surface area contributed by atoms with Crippen molar-refractivity contribution in [3.8, 4) is 6.07 Å². The molecule has 126 valence electrons. The Kier molecular flexibility index (Phi) is 4.22. The molecule has 2 aromatic rings. The number of nitrogens with two attached hydrogens (primary N) is 1. The highest BCUT2D eigenvalue weighted by Gasteiger charge is 2.37. The van der Waals surface area contributed by atoms with Crippen molar-refractivity contribution in [3.05, 3.63) is 73.1 Å². The van der Waals surface area contributed by atoms with Crippen LogP contribution in [0.15, 0.2) is 62.0 Å². The Morgan fingerprint density at radius 3 is 2.76 bits per heavy atom. The molecule has 0 bridgehead atoms. The van der Waals surface area contributed by atoms with Gasteiger partial charge in [-0.3, -0.25) is 4.90 Å². The zero-order chi connectivity index (χ0) is 17.4. The van der Waals surface area contributed by atoms with Crippen LogP contribution in [0.1, 0.15) is 17.0 Å². The molecule has 25 heavy (non-hydrogen) atoms. The average molecular weight is 367 g/mol. The van der Waals surface area contributed by atoms with Crippen LogP contribution < -0.4 is 5.73 Å². The number of rotatable bonds is 2. The standard InChI is InChI=1S/C19H17N3OS2/c1-22-8-14(6-12-2-4-24-10-12)18-16(9-22)17(13-3-5-25-11-13)15(7-20)19(21)23-18/h2-6,10-11,17H,8-9,21H2,1H3/b14-6+/t17-/m1/s1. The van der Waals surface area contributed by atoms with Crippen molar-refractivity contribution < 1.29 is 4.74 Å². The van der Waals surface area contributed by atoms with E-state index in [9.17, 15) is 5.26 Å². The average Bonchev–Trinajstić information content (AvgIpc) is 3.28. The quantitative estimate of drug-likeness (QED) is 0.874. The van der Waals surface area contributed by atoms with Crippen LogP contribution in [0.2, 0.25) is 0 Å². The van der Waals surface area contributed by atoms with Gasteiger partial charge < -0.3 is 10.5 Å². The van der Waals surface area contributed by atoms with Gasteiger partial charge in [0.25, 0.3) is 0 Å². The molecule has 6 heteroatoms. The fourth-order valence-corrected chi connectivity index (χ4v) is 4.72. The number of ether oxygens (including phenoxy) is 1. The van der Waals surface area contributed by atoms with Crippen molar-refractivity contribution in [1.82, 2.24) is 4.90 Å². The van der Waals surface area contributed by atoms with E-state index in [1.807, 2.05) is 5.38 Å². The second kappa shape index (κ2) is 6.52. The van der Waals surface area contributed by atoms with Gasteiger partial charge in [-0.2, -0.15) is 27.9 Å². The number of likely N-dealkylation sites (N-methyl/N-ethyl adjacent to an activating group) is 1. The Balaban J connectivity index is 1.87. The Morgan fingerprint density at radius 1 is 1.28 bits per heavy atom. The van der Waals surface area contributed by atoms with Crippen molar-refractivity contribution >= 4 is 28.7 Å². The molecular weight excluding hydrogens is 350 g/mol. The summed E-state index contributed by atoms with van der Waals surface area (Å²) in [5.41, 5.74) is 11.1. The van der Waals surface area contributed by atoms with E-state index in [-0.39, 0.29) is 11.8 Å². The highest BCUT2D eigenvalue weighted by atomic mass is 32.1. The van der Waals surface area contributed by atoms with E-state index < -0.39 is 0 Å². The van der Waals surface area contributed by atoms with Gasteiger partial charge >= 0.3 is 0 Å². The molecule has 2 aliphatic heterocycles. The maximum atomic E-state index is 9.65. The number of thiophene rings is 2. The van der Waals surface area contributed by atoms with Crippen LogP contribution in [-0.4, -0.2) is 25.0 Å². The molecule has 0 saturated heterocycles. The molecule has 2 N–H and O–H groups in total. The number of hydrogen-bond donors (Lipinski definition) is 1. The lowest BCUT2D eigenvalue weighted by molar-refractivity contribution is 0.251. The lowest BCUT2D eigenvalue weighted by atomic mass is 9.81. The van der Waals surface area contributed by atoms with Crippen LogP contribution in [-0.2, 0) is 4.74 Å². The zero-order valence-electron chi connectivity index (χ0n) is 13.7. The minimum Gasteiger partial charge on any atom is -0.440 e. The van der Waals surface area contributed by atoms with E-state index in [2.05, 4.69) is 52.4 Å². The highest BCUT2D eigenvalue weighted by Crippen LogP contribution is 2.43. The van der Waals surface area contributed by atoms with Crippen LogP contribution in [0.5, 0.6) is 0 Å². The van der Waals surface area contributed by atoms with E-state index >= 15 is 0 Å². The number of allylic oxidation sites excluding steroid dienone is 1. The second-order valence-corrected chi connectivity index (χ2v) is 7.79. The molecule has 2 aliphatic rings. The summed E-state index contributed by atoms with van der Waals surface area (Å²) in [6, 6.07) is 6.42. The molecule has 0 spiro atoms. The largest absolute Gasteiger partial charge is 0.440 e. The fraction of sp³-hybridized carbons (Fsp3) is 0.211. The van der Waals surface area contributed by atoms with Gasteiger partial charge in [0.15, 0.2) is 0 Å². The van der Waals surface area contributed by atoms with E-state index in [1.165, 1.54) is 0 Å². The molecule has 0 radical (unpaired) electrons. The van der Waals surface area contributed by atoms with E-state index in [4.69, 9.17) is 10.5 Å². The molecule has 4 rings (SSSR count). The maximum absolute atomic E-state index is 9.65. The molecule has 0 amide bonds. The Hall–Kier alpha value is -2.33. The molecule has 0 saturated carbocycles. The van der Waals surface area contributed by atoms with Gasteiger partial charge in [0.05, 0.1) is 5.92 Å². The van der Waals surface area contributed by atoms with E-state index in [0.717, 1.165) is 41.1 Å². The smallest absolute Gasteiger partial charge is 0.205 e. The molecule has 0 unspecified atom stereocenters. The third kappa shape index (κ3) is 2.91. The Bertz CT molecular complexity index is 915. The number of nitriles is 1. The first kappa shape index (κ1) is 16.2. The third-order valence-corrected chi connectivity index (χ3v) is 5.86. The predicted octanol–water partition coefficient (Wildman–Crippen LogP) is 3.90. The number of nitrogens with zero attached hydrogens (tertiary/aromatic N) is 2. The van der Waals surface area contributed by atoms with Gasteiger partial charge in [0, 0.05) is 18.7 Å². The Labute approximate surface area is 154 Å². The first-order chi connectivity index (χ1) is 12.2. The van der Waals surface area contributed by atoms with Crippen molar-refractivity contribution in [2.45, 2.75) is 5.92 Å². The maximum Gasteiger partial charge on any atom is 0.205 e. The molecule has 0 aromatic carbocycles. The summed E-state index contributed by atoms with van der Waals surface area (Å²) in [6.45, 7) is 1.55. The monoisotopic (exact) mass is 367 g/mol. The summed E-state index contributed by atoms with van der Waals surface area (Å²) in [5.74, 6) is 0.920. The molecule has 4 heterocycles. The van der Waals surface area contributed by atoms with Crippen molar-refractivity contribution in [3.63, 3.8) is 0 Å². The third-order valence-electron chi connectivity index (χ3n) is 4.46. The van der Waals surface area contributed by atoms with Gasteiger partial charge in [-0.25, -0.2) is 0 Å². The topological polar surface area (TPSA) is 62.3 Å². The van der Waals surface area contributed by atoms with Gasteiger partial charge in [-0.05, 0) is 63.5 Å². The van der Waals surface area contributed by atoms with Gasteiger partial charge in [0.2, 0.25) is 5.88 Å². The SMILES string of the molecule is CN1CC2=C(OC(N)=C(C#N)[C@H]2c2ccsc2)/C(=C/c2ccsc2)C1. The van der Waals surface area contributed by atoms with Crippen LogP contribution in [0.4, 0.5) is 0 Å². The van der Waals surface area contributed by atoms with Crippen LogP contribution in [0.25, 0.3) is 6.08 Å². The van der Waals surface area contributed by atoms with Crippen LogP contribution >= 0.6 is 22.7 Å². The first-order valence-electron chi connectivity index (χ1n) is 7.91. The minimum absolute atomic E-state index is 0.131. The number of hydrogen-bond acceptors (Lipinski definition) is 6. The molecule has 2 aromatic heterocycles. The van der Waals surface area contributed by atoms with E-state index in [0.29, 0.717) is 5.57 Å². The van der Waals surface area contributed by atoms with Crippen LogP contribution in [0.3, 0.4) is 0 Å². The summed E-state index contributed by atoms with van der Waals surface area (Å²) in [7, 11) is 2.09. The van der Waals surface area contributed by atoms with Gasteiger partial charge in [-0.15, -0.1) is 0 Å². The molecule has 0 aliphatic carbocycles. The van der Waals surface area contributed by atoms with Crippen LogP contribution in [0, 0.1) is 11.3 Å². The summed E-state index contributed by atoms with van der Waals surface area (Å²) >= 11 is 3.30. The predicted molar refractivity (Wildman–Crippen MR) is 102 cm³/mol. The van der Waals surface area contributed by atoms with E-state index in [1.54, 1.807) is 22.7 Å². The van der Waals surface area contributed by atoms with Crippen molar-refractivity contribution in [2.24, 2.45) is 5.73 Å². The Morgan fingerprint density at radius 2 is 2.08 bits per heavy atom. The summed E-state index contributed by atoms with van der Waals surface area (Å²) in [6.07, 6.45) is 2.15. The summed E-state index contributed by atoms with van der Waals surface area (Å²) in [5, 5.41) is 17.9. The molecular formula is C19H17N3OS2. The van der Waals surface area contributed by atoms with Gasteiger partial charge in [-0.1, -0.05) is 0 Å². The summed E-state index contributed by atoms with van der Waals surface area (Å²) < 4.78 is 5.96. The van der Waals surface area contributed by atoms with Crippen molar-refractivity contribution in [2.75, 3.05) is 20.1 Å². The summed E-state index contributed by atoms with van der Waals surface area (Å²) in [4.78, 5) is 2.25. The highest BCUT2D eigenvalue weighted by molar-refractivity contribution is 7.08. The fourth-order valence-electron chi connectivity index (χ4n) is 3.42. The second-order valence-electron chi connectivity index (χ2n) is 6.23. The normalized spacial score (nSPS) is 22.7. The van der Waals surface area contributed by atoms with Crippen molar-refractivity contribution in [1.29, 1.82) is 5.26 Å². The minimum atomic E-state index is -0.131. The molecule has 1 atom stereocenters. The first-order valence-corrected chi connectivity index (χ1v) is 9.80. The lowest BCUT2D eigenvalue weighted by Gasteiger charge is -2.36. The van der Waals surface area contributed by atoms with Gasteiger partial charge in [0.1, 0.15) is 17.4 Å². The molecule has 0 fully saturated rings. The zero-order valence-corrected chi connectivity index (χ0v) is 15.4.